The number of ether oxygens (including phenoxy) is 1. The molecule has 1 aliphatic heterocycles. The number of halogens is 3. The fourth-order valence-corrected chi connectivity index (χ4v) is 1.91. The Morgan fingerprint density at radius 3 is 2.87 bits per heavy atom. The van der Waals surface area contributed by atoms with Crippen LogP contribution in [0.5, 0.6) is 0 Å². The molecule has 1 saturated heterocycles. The lowest BCUT2D eigenvalue weighted by Crippen LogP contribution is -2.34. The van der Waals surface area contributed by atoms with E-state index in [0.29, 0.717) is 11.1 Å². The molecule has 0 unspecified atom stereocenters. The number of hydrogen-bond donors (Lipinski definition) is 1. The summed E-state index contributed by atoms with van der Waals surface area (Å²) in [7, 11) is 0. The third-order valence-electron chi connectivity index (χ3n) is 2.27. The van der Waals surface area contributed by atoms with Gasteiger partial charge in [0.05, 0.1) is 23.7 Å². The molecule has 0 saturated carbocycles. The molecule has 1 aromatic rings. The lowest BCUT2D eigenvalue weighted by atomic mass is 10.1. The molecule has 0 aliphatic carbocycles. The van der Waals surface area contributed by atoms with Crippen molar-refractivity contribution in [2.75, 3.05) is 19.8 Å². The molecular formula is C10H12BrClFNO. The molecule has 0 radical (unpaired) electrons. The van der Waals surface area contributed by atoms with Gasteiger partial charge in [-0.05, 0) is 33.6 Å². The van der Waals surface area contributed by atoms with Crippen LogP contribution in [0.2, 0.25) is 0 Å². The Labute approximate surface area is 103 Å². The topological polar surface area (TPSA) is 21.3 Å². The van der Waals surface area contributed by atoms with Crippen molar-refractivity contribution in [2.24, 2.45) is 0 Å². The van der Waals surface area contributed by atoms with Crippen LogP contribution in [0.1, 0.15) is 11.6 Å². The second-order valence-corrected chi connectivity index (χ2v) is 4.11. The summed E-state index contributed by atoms with van der Waals surface area (Å²) in [6, 6.07) is 5.23. The number of hydrogen-bond acceptors (Lipinski definition) is 2. The lowest BCUT2D eigenvalue weighted by Gasteiger charge is -2.24. The summed E-state index contributed by atoms with van der Waals surface area (Å²) in [5.74, 6) is -0.231. The summed E-state index contributed by atoms with van der Waals surface area (Å²) in [5.41, 5.74) is 1.05. The van der Waals surface area contributed by atoms with Crippen LogP contribution in [-0.2, 0) is 4.74 Å². The molecule has 1 N–H and O–H groups in total. The molecule has 0 amide bonds. The molecule has 0 aromatic heterocycles. The minimum atomic E-state index is -0.231. The number of morpholine rings is 1. The Bertz CT molecular complexity index is 331. The van der Waals surface area contributed by atoms with Crippen molar-refractivity contribution < 1.29 is 9.13 Å². The van der Waals surface area contributed by atoms with Crippen molar-refractivity contribution in [1.82, 2.24) is 5.32 Å². The average molecular weight is 297 g/mol. The van der Waals surface area contributed by atoms with Crippen LogP contribution in [0, 0.1) is 5.82 Å². The van der Waals surface area contributed by atoms with Crippen molar-refractivity contribution in [1.29, 1.82) is 0 Å². The number of rotatable bonds is 1. The summed E-state index contributed by atoms with van der Waals surface area (Å²) in [6.45, 7) is 2.25. The SMILES string of the molecule is Cl.Fc1ccc([C@H]2COCCN2)cc1Br. The Kier molecular flexibility index (Phi) is 4.99. The molecule has 1 aliphatic rings. The van der Waals surface area contributed by atoms with Crippen LogP contribution in [0.25, 0.3) is 0 Å². The van der Waals surface area contributed by atoms with E-state index in [1.54, 1.807) is 12.1 Å². The minimum Gasteiger partial charge on any atom is -0.378 e. The van der Waals surface area contributed by atoms with E-state index >= 15 is 0 Å². The fraction of sp³-hybridized carbons (Fsp3) is 0.400. The van der Waals surface area contributed by atoms with Crippen LogP contribution < -0.4 is 5.32 Å². The Balaban J connectivity index is 0.00000112. The number of nitrogens with one attached hydrogen (secondary N) is 1. The predicted molar refractivity (Wildman–Crippen MR) is 62.9 cm³/mol. The van der Waals surface area contributed by atoms with Crippen LogP contribution in [0.4, 0.5) is 4.39 Å². The van der Waals surface area contributed by atoms with E-state index in [1.807, 2.05) is 0 Å². The largest absolute Gasteiger partial charge is 0.378 e. The molecule has 5 heteroatoms. The second-order valence-electron chi connectivity index (χ2n) is 3.26. The summed E-state index contributed by atoms with van der Waals surface area (Å²) >= 11 is 3.17. The maximum Gasteiger partial charge on any atom is 0.137 e. The van der Waals surface area contributed by atoms with Gasteiger partial charge in [0, 0.05) is 6.54 Å². The highest BCUT2D eigenvalue weighted by molar-refractivity contribution is 9.10. The zero-order valence-corrected chi connectivity index (χ0v) is 10.4. The first kappa shape index (κ1) is 12.9. The highest BCUT2D eigenvalue weighted by Crippen LogP contribution is 2.22. The molecule has 1 aromatic carbocycles. The van der Waals surface area contributed by atoms with Gasteiger partial charge in [0.2, 0.25) is 0 Å². The van der Waals surface area contributed by atoms with Gasteiger partial charge in [0.25, 0.3) is 0 Å². The van der Waals surface area contributed by atoms with Gasteiger partial charge < -0.3 is 10.1 Å². The van der Waals surface area contributed by atoms with Crippen molar-refractivity contribution in [3.63, 3.8) is 0 Å². The standard InChI is InChI=1S/C10H11BrFNO.ClH/c11-8-5-7(1-2-9(8)12)10-6-14-4-3-13-10;/h1-2,5,10,13H,3-4,6H2;1H/t10-;/m1./s1. The van der Waals surface area contributed by atoms with E-state index in [1.165, 1.54) is 6.07 Å². The zero-order valence-electron chi connectivity index (χ0n) is 8.00. The van der Waals surface area contributed by atoms with Gasteiger partial charge in [-0.3, -0.25) is 0 Å². The number of benzene rings is 1. The highest BCUT2D eigenvalue weighted by atomic mass is 79.9. The quantitative estimate of drug-likeness (QED) is 0.860. The van der Waals surface area contributed by atoms with Gasteiger partial charge in [-0.25, -0.2) is 4.39 Å². The van der Waals surface area contributed by atoms with Gasteiger partial charge in [-0.15, -0.1) is 12.4 Å². The van der Waals surface area contributed by atoms with E-state index in [2.05, 4.69) is 21.2 Å². The van der Waals surface area contributed by atoms with E-state index in [9.17, 15) is 4.39 Å². The molecule has 2 rings (SSSR count). The van der Waals surface area contributed by atoms with Gasteiger partial charge in [0.1, 0.15) is 5.82 Å². The molecule has 1 heterocycles. The fourth-order valence-electron chi connectivity index (χ4n) is 1.51. The first-order valence-corrected chi connectivity index (χ1v) is 5.33. The first-order chi connectivity index (χ1) is 6.77. The van der Waals surface area contributed by atoms with Crippen molar-refractivity contribution in [3.05, 3.63) is 34.1 Å². The molecule has 1 fully saturated rings. The predicted octanol–water partition coefficient (Wildman–Crippen LogP) is 2.67. The van der Waals surface area contributed by atoms with Crippen LogP contribution in [-0.4, -0.2) is 19.8 Å². The molecule has 2 nitrogen and oxygen atoms in total. The third-order valence-corrected chi connectivity index (χ3v) is 2.88. The Morgan fingerprint density at radius 1 is 1.47 bits per heavy atom. The maximum atomic E-state index is 13.0. The van der Waals surface area contributed by atoms with E-state index in [0.717, 1.165) is 18.7 Å². The molecule has 1 atom stereocenters. The lowest BCUT2D eigenvalue weighted by molar-refractivity contribution is 0.0768. The average Bonchev–Trinajstić information content (AvgIpc) is 2.23. The van der Waals surface area contributed by atoms with Crippen LogP contribution in [0.15, 0.2) is 22.7 Å². The second kappa shape index (κ2) is 5.80. The molecular weight excluding hydrogens is 284 g/mol. The van der Waals surface area contributed by atoms with Crippen molar-refractivity contribution >= 4 is 28.3 Å². The third kappa shape index (κ3) is 3.14. The summed E-state index contributed by atoms with van der Waals surface area (Å²) in [4.78, 5) is 0. The summed E-state index contributed by atoms with van der Waals surface area (Å²) in [5, 5.41) is 3.31. The first-order valence-electron chi connectivity index (χ1n) is 4.53. The van der Waals surface area contributed by atoms with Crippen molar-refractivity contribution in [2.45, 2.75) is 6.04 Å². The zero-order chi connectivity index (χ0) is 9.97. The highest BCUT2D eigenvalue weighted by Gasteiger charge is 2.15. The summed E-state index contributed by atoms with van der Waals surface area (Å²) in [6.07, 6.45) is 0. The van der Waals surface area contributed by atoms with E-state index in [4.69, 9.17) is 4.74 Å². The van der Waals surface area contributed by atoms with Crippen molar-refractivity contribution in [3.8, 4) is 0 Å². The van der Waals surface area contributed by atoms with E-state index < -0.39 is 0 Å². The van der Waals surface area contributed by atoms with Gasteiger partial charge >= 0.3 is 0 Å². The monoisotopic (exact) mass is 295 g/mol. The maximum absolute atomic E-state index is 13.0. The normalized spacial score (nSPS) is 20.8. The Morgan fingerprint density at radius 2 is 2.27 bits per heavy atom. The summed E-state index contributed by atoms with van der Waals surface area (Å²) < 4.78 is 18.8. The van der Waals surface area contributed by atoms with Gasteiger partial charge in [0.15, 0.2) is 0 Å². The van der Waals surface area contributed by atoms with Gasteiger partial charge in [-0.1, -0.05) is 6.07 Å². The van der Waals surface area contributed by atoms with Crippen LogP contribution in [0.3, 0.4) is 0 Å². The molecule has 84 valence electrons. The molecule has 15 heavy (non-hydrogen) atoms. The van der Waals surface area contributed by atoms with Crippen LogP contribution >= 0.6 is 28.3 Å². The van der Waals surface area contributed by atoms with E-state index in [-0.39, 0.29) is 24.3 Å². The Hall–Kier alpha value is -0.160. The molecule has 0 bridgehead atoms. The smallest absolute Gasteiger partial charge is 0.137 e. The minimum absolute atomic E-state index is 0. The molecule has 0 spiro atoms. The van der Waals surface area contributed by atoms with Gasteiger partial charge in [-0.2, -0.15) is 0 Å².